The highest BCUT2D eigenvalue weighted by molar-refractivity contribution is 5.92. The summed E-state index contributed by atoms with van der Waals surface area (Å²) < 4.78 is 5.78. The SMILES string of the molecule is O=C(N[C@@H]1CN(CC2=Cc3ccccc3OC2)C[C@H]1O)c1cnccn1. The van der Waals surface area contributed by atoms with Gasteiger partial charge in [0.2, 0.25) is 0 Å². The number of β-amino-alcohol motifs (C(OH)–C–C–N with tert-alkyl or cyclic N) is 1. The van der Waals surface area contributed by atoms with Crippen molar-refractivity contribution in [2.45, 2.75) is 12.1 Å². The number of fused-ring (bicyclic) bond motifs is 1. The average molecular weight is 352 g/mol. The quantitative estimate of drug-likeness (QED) is 0.843. The van der Waals surface area contributed by atoms with E-state index in [4.69, 9.17) is 4.74 Å². The zero-order valence-corrected chi connectivity index (χ0v) is 14.2. The van der Waals surface area contributed by atoms with Crippen LogP contribution in [0.2, 0.25) is 0 Å². The third-order valence-corrected chi connectivity index (χ3v) is 4.60. The zero-order chi connectivity index (χ0) is 17.9. The topological polar surface area (TPSA) is 87.6 Å². The van der Waals surface area contributed by atoms with Crippen LogP contribution in [0.3, 0.4) is 0 Å². The third-order valence-electron chi connectivity index (χ3n) is 4.60. The molecule has 2 aliphatic rings. The fraction of sp³-hybridized carbons (Fsp3) is 0.316. The van der Waals surface area contributed by atoms with Crippen molar-refractivity contribution < 1.29 is 14.6 Å². The van der Waals surface area contributed by atoms with E-state index in [9.17, 15) is 9.90 Å². The summed E-state index contributed by atoms with van der Waals surface area (Å²) in [6.07, 6.45) is 5.92. The first kappa shape index (κ1) is 16.7. The van der Waals surface area contributed by atoms with Gasteiger partial charge in [-0.2, -0.15) is 0 Å². The van der Waals surface area contributed by atoms with Crippen LogP contribution in [0.5, 0.6) is 5.75 Å². The lowest BCUT2D eigenvalue weighted by Gasteiger charge is -2.22. The van der Waals surface area contributed by atoms with E-state index in [1.54, 1.807) is 0 Å². The normalized spacial score (nSPS) is 22.3. The lowest BCUT2D eigenvalue weighted by molar-refractivity contribution is 0.0883. The van der Waals surface area contributed by atoms with E-state index >= 15 is 0 Å². The highest BCUT2D eigenvalue weighted by Crippen LogP contribution is 2.26. The maximum Gasteiger partial charge on any atom is 0.271 e. The number of aliphatic hydroxyl groups excluding tert-OH is 1. The molecule has 7 heteroatoms. The molecular weight excluding hydrogens is 332 g/mol. The Bertz CT molecular complexity index is 825. The molecule has 0 unspecified atom stereocenters. The van der Waals surface area contributed by atoms with Crippen LogP contribution in [0.15, 0.2) is 48.4 Å². The van der Waals surface area contributed by atoms with Gasteiger partial charge in [0.15, 0.2) is 0 Å². The van der Waals surface area contributed by atoms with Crippen molar-refractivity contribution in [3.05, 3.63) is 59.7 Å². The minimum absolute atomic E-state index is 0.248. The number of benzene rings is 1. The minimum Gasteiger partial charge on any atom is -0.489 e. The molecule has 4 rings (SSSR count). The first-order valence-electron chi connectivity index (χ1n) is 8.57. The monoisotopic (exact) mass is 352 g/mol. The van der Waals surface area contributed by atoms with Crippen molar-refractivity contribution in [1.82, 2.24) is 20.2 Å². The molecule has 3 heterocycles. The number of aliphatic hydroxyl groups is 1. The van der Waals surface area contributed by atoms with Crippen LogP contribution in [-0.4, -0.2) is 64.3 Å². The number of amides is 1. The summed E-state index contributed by atoms with van der Waals surface area (Å²) in [5, 5.41) is 13.1. The van der Waals surface area contributed by atoms with E-state index in [2.05, 4.69) is 26.3 Å². The first-order chi connectivity index (χ1) is 12.7. The van der Waals surface area contributed by atoms with Gasteiger partial charge in [-0.1, -0.05) is 18.2 Å². The van der Waals surface area contributed by atoms with Gasteiger partial charge in [-0.05, 0) is 17.7 Å². The van der Waals surface area contributed by atoms with E-state index in [-0.39, 0.29) is 17.6 Å². The van der Waals surface area contributed by atoms with Crippen LogP contribution >= 0.6 is 0 Å². The Morgan fingerprint density at radius 1 is 1.31 bits per heavy atom. The van der Waals surface area contributed by atoms with Gasteiger partial charge in [0.05, 0.1) is 18.3 Å². The molecule has 2 aliphatic heterocycles. The summed E-state index contributed by atoms with van der Waals surface area (Å²) in [6, 6.07) is 7.59. The molecule has 1 fully saturated rings. The lowest BCUT2D eigenvalue weighted by Crippen LogP contribution is -2.43. The van der Waals surface area contributed by atoms with E-state index in [1.165, 1.54) is 18.6 Å². The number of aromatic nitrogens is 2. The Morgan fingerprint density at radius 2 is 2.19 bits per heavy atom. The molecule has 2 N–H and O–H groups in total. The number of ether oxygens (including phenoxy) is 1. The highest BCUT2D eigenvalue weighted by Gasteiger charge is 2.33. The maximum absolute atomic E-state index is 12.2. The Labute approximate surface area is 151 Å². The van der Waals surface area contributed by atoms with Crippen LogP contribution in [0, 0.1) is 0 Å². The second-order valence-electron chi connectivity index (χ2n) is 6.56. The molecule has 134 valence electrons. The van der Waals surface area contributed by atoms with Crippen molar-refractivity contribution in [3.8, 4) is 5.75 Å². The molecule has 1 saturated heterocycles. The van der Waals surface area contributed by atoms with E-state index in [0.717, 1.165) is 16.9 Å². The fourth-order valence-electron chi connectivity index (χ4n) is 3.34. The molecule has 1 aromatic carbocycles. The van der Waals surface area contributed by atoms with Crippen molar-refractivity contribution in [2.24, 2.45) is 0 Å². The third kappa shape index (κ3) is 3.58. The molecular formula is C19H20N4O3. The molecule has 0 saturated carbocycles. The second kappa shape index (κ2) is 7.23. The number of para-hydroxylation sites is 1. The van der Waals surface area contributed by atoms with Crippen molar-refractivity contribution >= 4 is 12.0 Å². The molecule has 26 heavy (non-hydrogen) atoms. The van der Waals surface area contributed by atoms with Gasteiger partial charge in [0.25, 0.3) is 5.91 Å². The first-order valence-corrected chi connectivity index (χ1v) is 8.57. The Hall–Kier alpha value is -2.77. The van der Waals surface area contributed by atoms with Gasteiger partial charge in [-0.15, -0.1) is 0 Å². The van der Waals surface area contributed by atoms with Crippen molar-refractivity contribution in [3.63, 3.8) is 0 Å². The number of hydrogen-bond acceptors (Lipinski definition) is 6. The average Bonchev–Trinajstić information content (AvgIpc) is 3.01. The standard InChI is InChI=1S/C19H20N4O3/c24-17-11-23(9-13-7-14-3-1-2-4-18(14)26-12-13)10-16(17)22-19(25)15-8-20-5-6-21-15/h1-8,16-17,24H,9-12H2,(H,22,25)/t16-,17-/m1/s1. The smallest absolute Gasteiger partial charge is 0.271 e. The van der Waals surface area contributed by atoms with Crippen molar-refractivity contribution in [1.29, 1.82) is 0 Å². The Morgan fingerprint density at radius 3 is 3.04 bits per heavy atom. The molecule has 0 bridgehead atoms. The van der Waals surface area contributed by atoms with Gasteiger partial charge in [-0.3, -0.25) is 14.7 Å². The van der Waals surface area contributed by atoms with Crippen LogP contribution in [-0.2, 0) is 0 Å². The summed E-state index contributed by atoms with van der Waals surface area (Å²) in [5.74, 6) is 0.574. The van der Waals surface area contributed by atoms with Crippen LogP contribution in [0.1, 0.15) is 16.1 Å². The summed E-state index contributed by atoms with van der Waals surface area (Å²) in [7, 11) is 0. The number of nitrogens with zero attached hydrogens (tertiary/aromatic N) is 3. The molecule has 2 atom stereocenters. The van der Waals surface area contributed by atoms with Gasteiger partial charge >= 0.3 is 0 Å². The van der Waals surface area contributed by atoms with E-state index < -0.39 is 6.10 Å². The number of rotatable bonds is 4. The highest BCUT2D eigenvalue weighted by atomic mass is 16.5. The number of hydrogen-bond donors (Lipinski definition) is 2. The summed E-state index contributed by atoms with van der Waals surface area (Å²) >= 11 is 0. The zero-order valence-electron chi connectivity index (χ0n) is 14.2. The van der Waals surface area contributed by atoms with Crippen LogP contribution in [0.4, 0.5) is 0 Å². The molecule has 1 aromatic heterocycles. The fourth-order valence-corrected chi connectivity index (χ4v) is 3.34. The van der Waals surface area contributed by atoms with E-state index in [0.29, 0.717) is 26.2 Å². The molecule has 0 radical (unpaired) electrons. The van der Waals surface area contributed by atoms with Gasteiger partial charge in [-0.25, -0.2) is 4.98 Å². The summed E-state index contributed by atoms with van der Waals surface area (Å²) in [5.41, 5.74) is 2.47. The summed E-state index contributed by atoms with van der Waals surface area (Å²) in [6.45, 7) is 2.32. The van der Waals surface area contributed by atoms with Gasteiger partial charge in [0.1, 0.15) is 18.1 Å². The predicted molar refractivity (Wildman–Crippen MR) is 95.6 cm³/mol. The van der Waals surface area contributed by atoms with Crippen LogP contribution in [0.25, 0.3) is 6.08 Å². The van der Waals surface area contributed by atoms with Crippen molar-refractivity contribution in [2.75, 3.05) is 26.2 Å². The molecule has 0 spiro atoms. The second-order valence-corrected chi connectivity index (χ2v) is 6.56. The number of nitrogens with one attached hydrogen (secondary N) is 1. The van der Waals surface area contributed by atoms with Crippen LogP contribution < -0.4 is 10.1 Å². The molecule has 1 amide bonds. The van der Waals surface area contributed by atoms with Gasteiger partial charge in [0, 0.05) is 37.6 Å². The van der Waals surface area contributed by atoms with E-state index in [1.807, 2.05) is 24.3 Å². The number of carbonyl (C=O) groups is 1. The molecule has 2 aromatic rings. The lowest BCUT2D eigenvalue weighted by atomic mass is 10.1. The molecule has 7 nitrogen and oxygen atoms in total. The molecule has 0 aliphatic carbocycles. The predicted octanol–water partition coefficient (Wildman–Crippen LogP) is 0.727. The summed E-state index contributed by atoms with van der Waals surface area (Å²) in [4.78, 5) is 22.2. The Kier molecular flexibility index (Phi) is 4.64. The number of carbonyl (C=O) groups excluding carboxylic acids is 1. The maximum atomic E-state index is 12.2. The Balaban J connectivity index is 1.37. The number of likely N-dealkylation sites (tertiary alicyclic amines) is 1. The minimum atomic E-state index is -0.618. The van der Waals surface area contributed by atoms with Gasteiger partial charge < -0.3 is 15.2 Å². The largest absolute Gasteiger partial charge is 0.489 e.